The summed E-state index contributed by atoms with van der Waals surface area (Å²) in [5.41, 5.74) is 1.01. The molecule has 6 heteroatoms. The van der Waals surface area contributed by atoms with E-state index in [1.165, 1.54) is 6.08 Å². The van der Waals surface area contributed by atoms with Crippen LogP contribution in [0.15, 0.2) is 65.3 Å². The third-order valence-corrected chi connectivity index (χ3v) is 3.52. The van der Waals surface area contributed by atoms with Gasteiger partial charge in [-0.3, -0.25) is 0 Å². The molecule has 0 atom stereocenters. The Hall–Kier alpha value is -2.79. The predicted molar refractivity (Wildman–Crippen MR) is 87.6 cm³/mol. The number of ether oxygens (including phenoxy) is 1. The van der Waals surface area contributed by atoms with Gasteiger partial charge in [0.1, 0.15) is 0 Å². The van der Waals surface area contributed by atoms with Gasteiger partial charge in [-0.2, -0.15) is 0 Å². The van der Waals surface area contributed by atoms with Crippen LogP contribution in [0.5, 0.6) is 0 Å². The molecule has 3 rings (SSSR count). The van der Waals surface area contributed by atoms with E-state index in [2.05, 4.69) is 4.99 Å². The van der Waals surface area contributed by atoms with Crippen molar-refractivity contribution in [2.24, 2.45) is 4.99 Å². The summed E-state index contributed by atoms with van der Waals surface area (Å²) in [7, 11) is 0. The zero-order chi connectivity index (χ0) is 17.1. The highest BCUT2D eigenvalue weighted by molar-refractivity contribution is 6.34. The molecule has 1 heterocycles. The van der Waals surface area contributed by atoms with Gasteiger partial charge in [0.15, 0.2) is 17.3 Å². The minimum absolute atomic E-state index is 0.0133. The normalized spacial score (nSPS) is 15.9. The smallest absolute Gasteiger partial charge is 0.363 e. The first kappa shape index (κ1) is 16.1. The SMILES string of the molecule is O=C1OC(c2cc(F)c(F)cc2Cl)=N/C1=C/C=C\c1ccccc1. The van der Waals surface area contributed by atoms with Gasteiger partial charge in [0, 0.05) is 0 Å². The molecule has 0 amide bonds. The highest BCUT2D eigenvalue weighted by Crippen LogP contribution is 2.25. The molecule has 0 saturated carbocycles. The van der Waals surface area contributed by atoms with E-state index in [1.807, 2.05) is 30.3 Å². The average molecular weight is 346 g/mol. The summed E-state index contributed by atoms with van der Waals surface area (Å²) in [6.45, 7) is 0. The average Bonchev–Trinajstić information content (AvgIpc) is 2.93. The maximum Gasteiger partial charge on any atom is 0.363 e. The van der Waals surface area contributed by atoms with Gasteiger partial charge < -0.3 is 4.74 Å². The molecule has 120 valence electrons. The molecular weight excluding hydrogens is 336 g/mol. The first-order valence-electron chi connectivity index (χ1n) is 6.94. The van der Waals surface area contributed by atoms with Crippen molar-refractivity contribution in [3.8, 4) is 0 Å². The number of hydrogen-bond acceptors (Lipinski definition) is 3. The number of cyclic esters (lactones) is 1. The van der Waals surface area contributed by atoms with Crippen LogP contribution >= 0.6 is 11.6 Å². The molecule has 0 fully saturated rings. The summed E-state index contributed by atoms with van der Waals surface area (Å²) < 4.78 is 31.4. The summed E-state index contributed by atoms with van der Waals surface area (Å²) in [5, 5.41) is -0.0958. The molecule has 0 radical (unpaired) electrons. The van der Waals surface area contributed by atoms with E-state index in [-0.39, 0.29) is 22.2 Å². The zero-order valence-corrected chi connectivity index (χ0v) is 12.9. The molecular formula is C18H10ClF2NO2. The second kappa shape index (κ2) is 6.76. The Morgan fingerprint density at radius 3 is 2.54 bits per heavy atom. The van der Waals surface area contributed by atoms with Crippen molar-refractivity contribution in [1.82, 2.24) is 0 Å². The second-order valence-electron chi connectivity index (χ2n) is 4.87. The van der Waals surface area contributed by atoms with E-state index in [9.17, 15) is 13.6 Å². The lowest BCUT2D eigenvalue weighted by molar-refractivity contribution is -0.130. The summed E-state index contributed by atoms with van der Waals surface area (Å²) in [4.78, 5) is 15.8. The number of allylic oxidation sites excluding steroid dienone is 2. The minimum Gasteiger partial charge on any atom is -0.402 e. The van der Waals surface area contributed by atoms with Crippen molar-refractivity contribution in [3.05, 3.63) is 88.1 Å². The van der Waals surface area contributed by atoms with Crippen LogP contribution in [0.2, 0.25) is 5.02 Å². The van der Waals surface area contributed by atoms with Crippen LogP contribution in [0.1, 0.15) is 11.1 Å². The van der Waals surface area contributed by atoms with Gasteiger partial charge in [0.25, 0.3) is 0 Å². The molecule has 0 N–H and O–H groups in total. The number of carbonyl (C=O) groups is 1. The quantitative estimate of drug-likeness (QED) is 0.466. The maximum absolute atomic E-state index is 13.3. The molecule has 1 aliphatic rings. The van der Waals surface area contributed by atoms with Crippen LogP contribution in [0.4, 0.5) is 8.78 Å². The Labute approximate surface area is 141 Å². The highest BCUT2D eigenvalue weighted by Gasteiger charge is 2.26. The van der Waals surface area contributed by atoms with Crippen molar-refractivity contribution in [1.29, 1.82) is 0 Å². The van der Waals surface area contributed by atoms with Crippen molar-refractivity contribution in [2.75, 3.05) is 0 Å². The van der Waals surface area contributed by atoms with Crippen LogP contribution in [0, 0.1) is 11.6 Å². The fraction of sp³-hybridized carbons (Fsp3) is 0. The van der Waals surface area contributed by atoms with Gasteiger partial charge in [-0.25, -0.2) is 18.6 Å². The lowest BCUT2D eigenvalue weighted by atomic mass is 10.2. The second-order valence-corrected chi connectivity index (χ2v) is 5.28. The monoisotopic (exact) mass is 345 g/mol. The van der Waals surface area contributed by atoms with Crippen molar-refractivity contribution in [3.63, 3.8) is 0 Å². The van der Waals surface area contributed by atoms with Gasteiger partial charge in [-0.05, 0) is 23.8 Å². The van der Waals surface area contributed by atoms with Gasteiger partial charge in [0.2, 0.25) is 5.90 Å². The lowest BCUT2D eigenvalue weighted by Crippen LogP contribution is -2.07. The molecule has 0 aliphatic carbocycles. The van der Waals surface area contributed by atoms with Crippen molar-refractivity contribution in [2.45, 2.75) is 0 Å². The Morgan fingerprint density at radius 1 is 1.08 bits per heavy atom. The van der Waals surface area contributed by atoms with Gasteiger partial charge in [0.05, 0.1) is 10.6 Å². The minimum atomic E-state index is -1.10. The number of carbonyl (C=O) groups excluding carboxylic acids is 1. The number of benzene rings is 2. The van der Waals surface area contributed by atoms with Gasteiger partial charge in [-0.1, -0.05) is 54.1 Å². The lowest BCUT2D eigenvalue weighted by Gasteiger charge is -2.03. The predicted octanol–water partition coefficient (Wildman–Crippen LogP) is 4.52. The van der Waals surface area contributed by atoms with E-state index < -0.39 is 17.6 Å². The van der Waals surface area contributed by atoms with Crippen LogP contribution < -0.4 is 0 Å². The molecule has 1 aliphatic heterocycles. The Morgan fingerprint density at radius 2 is 1.79 bits per heavy atom. The summed E-state index contributed by atoms with van der Waals surface area (Å²) in [6, 6.07) is 11.1. The number of rotatable bonds is 3. The number of halogens is 3. The van der Waals surface area contributed by atoms with Gasteiger partial charge >= 0.3 is 5.97 Å². The van der Waals surface area contributed by atoms with Crippen LogP contribution in [-0.2, 0) is 9.53 Å². The first-order valence-corrected chi connectivity index (χ1v) is 7.31. The molecule has 0 saturated heterocycles. The molecule has 24 heavy (non-hydrogen) atoms. The third-order valence-electron chi connectivity index (χ3n) is 3.20. The first-order chi connectivity index (χ1) is 11.5. The molecule has 0 unspecified atom stereocenters. The Kier molecular flexibility index (Phi) is 4.53. The highest BCUT2D eigenvalue weighted by atomic mass is 35.5. The fourth-order valence-electron chi connectivity index (χ4n) is 2.04. The van der Waals surface area contributed by atoms with Crippen molar-refractivity contribution >= 4 is 29.5 Å². The summed E-state index contributed by atoms with van der Waals surface area (Å²) in [5.74, 6) is -3.04. The molecule has 0 bridgehead atoms. The summed E-state index contributed by atoms with van der Waals surface area (Å²) >= 11 is 5.85. The van der Waals surface area contributed by atoms with Crippen LogP contribution in [0.25, 0.3) is 6.08 Å². The Balaban J connectivity index is 1.87. The Bertz CT molecular complexity index is 889. The fourth-order valence-corrected chi connectivity index (χ4v) is 2.27. The van der Waals surface area contributed by atoms with E-state index in [1.54, 1.807) is 12.2 Å². The largest absolute Gasteiger partial charge is 0.402 e. The number of esters is 1. The van der Waals surface area contributed by atoms with Crippen LogP contribution in [0.3, 0.4) is 0 Å². The number of aliphatic imine (C=N–C) groups is 1. The van der Waals surface area contributed by atoms with Crippen molar-refractivity contribution < 1.29 is 18.3 Å². The molecule has 0 aromatic heterocycles. The van der Waals surface area contributed by atoms with Crippen LogP contribution in [-0.4, -0.2) is 11.9 Å². The van der Waals surface area contributed by atoms with E-state index >= 15 is 0 Å². The molecule has 2 aromatic rings. The zero-order valence-electron chi connectivity index (χ0n) is 12.2. The molecule has 0 spiro atoms. The van der Waals surface area contributed by atoms with Gasteiger partial charge in [-0.15, -0.1) is 0 Å². The maximum atomic E-state index is 13.3. The topological polar surface area (TPSA) is 38.7 Å². The van der Waals surface area contributed by atoms with E-state index in [0.29, 0.717) is 0 Å². The summed E-state index contributed by atoms with van der Waals surface area (Å²) in [6.07, 6.45) is 4.90. The van der Waals surface area contributed by atoms with E-state index in [0.717, 1.165) is 17.7 Å². The van der Waals surface area contributed by atoms with E-state index in [4.69, 9.17) is 16.3 Å². The number of nitrogens with zero attached hydrogens (tertiary/aromatic N) is 1. The molecule has 3 nitrogen and oxygen atoms in total. The standard InChI is InChI=1S/C18H10ClF2NO2/c19-13-10-15(21)14(20)9-12(13)17-22-16(18(23)24-17)8-4-7-11-5-2-1-3-6-11/h1-10H/b7-4-,16-8+. The third kappa shape index (κ3) is 3.41. The number of hydrogen-bond donors (Lipinski definition) is 0. The molecule has 2 aromatic carbocycles.